The number of cyclic esters (lactones) is 1. The molecule has 1 aliphatic heterocycles. The topological polar surface area (TPSA) is 46.5 Å². The summed E-state index contributed by atoms with van der Waals surface area (Å²) in [4.78, 5) is 10.0. The summed E-state index contributed by atoms with van der Waals surface area (Å²) in [5.74, 6) is 0.275. The third-order valence-corrected chi connectivity index (χ3v) is 1.54. The molecule has 0 atom stereocenters. The maximum absolute atomic E-state index is 10.0. The highest BCUT2D eigenvalue weighted by Gasteiger charge is 2.08. The van der Waals surface area contributed by atoms with E-state index < -0.39 is 0 Å². The first-order valence-corrected chi connectivity index (χ1v) is 4.18. The first-order chi connectivity index (χ1) is 6.29. The first kappa shape index (κ1) is 9.58. The lowest BCUT2D eigenvalue weighted by molar-refractivity contribution is -0.137. The molecule has 1 aromatic rings. The molecule has 0 aliphatic carbocycles. The van der Waals surface area contributed by atoms with Gasteiger partial charge >= 0.3 is 5.97 Å². The van der Waals surface area contributed by atoms with Crippen molar-refractivity contribution in [3.05, 3.63) is 30.3 Å². The van der Waals surface area contributed by atoms with E-state index in [9.17, 15) is 4.79 Å². The van der Waals surface area contributed by atoms with Crippen LogP contribution >= 0.6 is 0 Å². The smallest absolute Gasteiger partial charge is 0.305 e. The van der Waals surface area contributed by atoms with Crippen molar-refractivity contribution in [2.24, 2.45) is 0 Å². The summed E-state index contributed by atoms with van der Waals surface area (Å²) in [7, 11) is 0. The lowest BCUT2D eigenvalue weighted by Crippen LogP contribution is -1.88. The average molecular weight is 180 g/mol. The second-order valence-electron chi connectivity index (χ2n) is 2.66. The third-order valence-electron chi connectivity index (χ3n) is 1.54. The molecule has 0 bridgehead atoms. The van der Waals surface area contributed by atoms with Gasteiger partial charge in [-0.1, -0.05) is 18.2 Å². The van der Waals surface area contributed by atoms with Gasteiger partial charge in [-0.3, -0.25) is 4.79 Å². The zero-order valence-electron chi connectivity index (χ0n) is 7.27. The monoisotopic (exact) mass is 180 g/mol. The molecule has 0 radical (unpaired) electrons. The summed E-state index contributed by atoms with van der Waals surface area (Å²) >= 11 is 0. The molecule has 1 aliphatic rings. The van der Waals surface area contributed by atoms with Crippen LogP contribution in [0.1, 0.15) is 12.8 Å². The zero-order chi connectivity index (χ0) is 9.52. The fourth-order valence-corrected chi connectivity index (χ4v) is 0.903. The number of hydrogen-bond donors (Lipinski definition) is 1. The van der Waals surface area contributed by atoms with E-state index in [1.165, 1.54) is 0 Å². The van der Waals surface area contributed by atoms with Crippen LogP contribution in [0.3, 0.4) is 0 Å². The third kappa shape index (κ3) is 4.15. The molecule has 1 saturated heterocycles. The van der Waals surface area contributed by atoms with E-state index in [0.29, 0.717) is 18.8 Å². The van der Waals surface area contributed by atoms with Gasteiger partial charge in [0.1, 0.15) is 5.75 Å². The quantitative estimate of drug-likeness (QED) is 0.618. The first-order valence-electron chi connectivity index (χ1n) is 4.18. The van der Waals surface area contributed by atoms with Crippen LogP contribution in [0, 0.1) is 0 Å². The fourth-order valence-electron chi connectivity index (χ4n) is 0.903. The standard InChI is InChI=1S/C6H6O.C4H6O2/c7-6-4-2-1-3-5-6;5-4-2-1-3-6-4/h1-5,7H;1-3H2. The Labute approximate surface area is 77.0 Å². The van der Waals surface area contributed by atoms with Crippen LogP contribution in [0.5, 0.6) is 5.75 Å². The summed E-state index contributed by atoms with van der Waals surface area (Å²) in [6, 6.07) is 8.71. The number of phenolic OH excluding ortho intramolecular Hbond substituents is 1. The van der Waals surface area contributed by atoms with Gasteiger partial charge in [-0.25, -0.2) is 0 Å². The van der Waals surface area contributed by atoms with Crippen LogP contribution in [-0.4, -0.2) is 17.7 Å². The number of aromatic hydroxyl groups is 1. The number of rotatable bonds is 0. The van der Waals surface area contributed by atoms with Crippen molar-refractivity contribution in [1.82, 2.24) is 0 Å². The largest absolute Gasteiger partial charge is 0.508 e. The van der Waals surface area contributed by atoms with Crippen LogP contribution in [0.15, 0.2) is 30.3 Å². The molecule has 1 fully saturated rings. The predicted octanol–water partition coefficient (Wildman–Crippen LogP) is 1.72. The minimum Gasteiger partial charge on any atom is -0.508 e. The fraction of sp³-hybridized carbons (Fsp3) is 0.300. The number of phenols is 1. The van der Waals surface area contributed by atoms with Gasteiger partial charge < -0.3 is 9.84 Å². The SMILES string of the molecule is O=C1CCCO1.Oc1ccccc1. The number of carbonyl (C=O) groups excluding carboxylic acids is 1. The molecule has 70 valence electrons. The van der Waals surface area contributed by atoms with Gasteiger partial charge in [0.15, 0.2) is 0 Å². The molecule has 3 heteroatoms. The molecule has 0 aromatic heterocycles. The lowest BCUT2D eigenvalue weighted by Gasteiger charge is -1.82. The summed E-state index contributed by atoms with van der Waals surface area (Å²) in [6.07, 6.45) is 1.54. The minimum absolute atomic E-state index is 0.0463. The van der Waals surface area contributed by atoms with E-state index in [1.807, 2.05) is 6.07 Å². The second-order valence-corrected chi connectivity index (χ2v) is 2.66. The summed E-state index contributed by atoms with van der Waals surface area (Å²) < 4.78 is 4.51. The summed E-state index contributed by atoms with van der Waals surface area (Å²) in [5, 5.41) is 8.63. The molecule has 2 rings (SSSR count). The van der Waals surface area contributed by atoms with Crippen molar-refractivity contribution >= 4 is 5.97 Å². The van der Waals surface area contributed by atoms with Gasteiger partial charge in [0, 0.05) is 6.42 Å². The molecular weight excluding hydrogens is 168 g/mol. The highest BCUT2D eigenvalue weighted by atomic mass is 16.5. The normalized spacial score (nSPS) is 14.3. The van der Waals surface area contributed by atoms with Gasteiger partial charge in [-0.15, -0.1) is 0 Å². The maximum atomic E-state index is 10.0. The minimum atomic E-state index is -0.0463. The Bertz CT molecular complexity index is 248. The van der Waals surface area contributed by atoms with E-state index in [-0.39, 0.29) is 5.97 Å². The van der Waals surface area contributed by atoms with Crippen molar-refractivity contribution in [2.45, 2.75) is 12.8 Å². The highest BCUT2D eigenvalue weighted by Crippen LogP contribution is 2.02. The van der Waals surface area contributed by atoms with Crippen molar-refractivity contribution in [1.29, 1.82) is 0 Å². The predicted molar refractivity (Wildman–Crippen MR) is 48.3 cm³/mol. The molecule has 0 saturated carbocycles. The van der Waals surface area contributed by atoms with Crippen molar-refractivity contribution in [3.63, 3.8) is 0 Å². The van der Waals surface area contributed by atoms with Gasteiger partial charge in [0.2, 0.25) is 0 Å². The van der Waals surface area contributed by atoms with Gasteiger partial charge in [-0.2, -0.15) is 0 Å². The number of hydrogen-bond acceptors (Lipinski definition) is 3. The Kier molecular flexibility index (Phi) is 3.82. The molecule has 13 heavy (non-hydrogen) atoms. The Morgan fingerprint density at radius 2 is 1.92 bits per heavy atom. The Morgan fingerprint density at radius 1 is 1.23 bits per heavy atom. The Balaban J connectivity index is 0.000000132. The number of benzene rings is 1. The van der Waals surface area contributed by atoms with E-state index in [0.717, 1.165) is 6.42 Å². The summed E-state index contributed by atoms with van der Waals surface area (Å²) in [5.41, 5.74) is 0. The molecule has 0 unspecified atom stereocenters. The molecule has 0 amide bonds. The van der Waals surface area contributed by atoms with Gasteiger partial charge in [0.05, 0.1) is 6.61 Å². The number of ether oxygens (including phenoxy) is 1. The lowest BCUT2D eigenvalue weighted by atomic mass is 10.3. The van der Waals surface area contributed by atoms with Crippen LogP contribution in [0.4, 0.5) is 0 Å². The second kappa shape index (κ2) is 5.19. The molecule has 1 aromatic carbocycles. The zero-order valence-corrected chi connectivity index (χ0v) is 7.27. The van der Waals surface area contributed by atoms with Crippen LogP contribution in [0.2, 0.25) is 0 Å². The van der Waals surface area contributed by atoms with Crippen molar-refractivity contribution in [3.8, 4) is 5.75 Å². The highest BCUT2D eigenvalue weighted by molar-refractivity contribution is 5.70. The Hall–Kier alpha value is -1.51. The van der Waals surface area contributed by atoms with E-state index in [1.54, 1.807) is 24.3 Å². The molecule has 1 heterocycles. The van der Waals surface area contributed by atoms with Crippen LogP contribution in [0.25, 0.3) is 0 Å². The van der Waals surface area contributed by atoms with Crippen LogP contribution in [-0.2, 0) is 9.53 Å². The molecular formula is C10H12O3. The molecule has 3 nitrogen and oxygen atoms in total. The van der Waals surface area contributed by atoms with Crippen LogP contribution < -0.4 is 0 Å². The van der Waals surface area contributed by atoms with E-state index >= 15 is 0 Å². The summed E-state index contributed by atoms with van der Waals surface area (Å²) in [6.45, 7) is 0.638. The van der Waals surface area contributed by atoms with Gasteiger partial charge in [-0.05, 0) is 18.6 Å². The van der Waals surface area contributed by atoms with E-state index in [2.05, 4.69) is 4.74 Å². The molecule has 0 spiro atoms. The van der Waals surface area contributed by atoms with Crippen molar-refractivity contribution < 1.29 is 14.6 Å². The maximum Gasteiger partial charge on any atom is 0.305 e. The molecule has 1 N–H and O–H groups in total. The average Bonchev–Trinajstić information content (AvgIpc) is 2.58. The Morgan fingerprint density at radius 3 is 2.15 bits per heavy atom. The van der Waals surface area contributed by atoms with Gasteiger partial charge in [0.25, 0.3) is 0 Å². The van der Waals surface area contributed by atoms with E-state index in [4.69, 9.17) is 5.11 Å². The number of carbonyl (C=O) groups is 1. The number of esters is 1. The number of para-hydroxylation sites is 1. The van der Waals surface area contributed by atoms with Crippen molar-refractivity contribution in [2.75, 3.05) is 6.61 Å².